The third-order valence-electron chi connectivity index (χ3n) is 3.12. The molecular weight excluding hydrogens is 321 g/mol. The van der Waals surface area contributed by atoms with Gasteiger partial charge in [-0.25, -0.2) is 9.37 Å². The van der Waals surface area contributed by atoms with E-state index in [0.29, 0.717) is 16.0 Å². The number of aryl methyl sites for hydroxylation is 2. The van der Waals surface area contributed by atoms with E-state index in [1.807, 2.05) is 13.0 Å². The minimum absolute atomic E-state index is 0.210. The fourth-order valence-corrected chi connectivity index (χ4v) is 2.38. The molecule has 1 aromatic heterocycles. The van der Waals surface area contributed by atoms with Crippen molar-refractivity contribution < 1.29 is 4.39 Å². The molecule has 2 N–H and O–H groups in total. The van der Waals surface area contributed by atoms with Gasteiger partial charge in [0.2, 0.25) is 0 Å². The lowest BCUT2D eigenvalue weighted by Gasteiger charge is -2.11. The highest BCUT2D eigenvalue weighted by Crippen LogP contribution is 2.15. The van der Waals surface area contributed by atoms with Crippen molar-refractivity contribution in [3.8, 4) is 0 Å². The van der Waals surface area contributed by atoms with Crippen LogP contribution in [0.15, 0.2) is 36.5 Å². The van der Waals surface area contributed by atoms with Crippen LogP contribution in [0.5, 0.6) is 0 Å². The number of thiocarbonyl (C=S) groups is 1. The van der Waals surface area contributed by atoms with Crippen molar-refractivity contribution in [3.05, 3.63) is 58.5 Å². The molecule has 116 valence electrons. The van der Waals surface area contributed by atoms with Gasteiger partial charge in [0.25, 0.3) is 0 Å². The molecule has 3 nitrogen and oxygen atoms in total. The number of pyridine rings is 1. The number of halogens is 2. The Balaban J connectivity index is 1.72. The van der Waals surface area contributed by atoms with Gasteiger partial charge < -0.3 is 10.6 Å². The fraction of sp³-hybridized carbons (Fsp3) is 0.250. The molecule has 0 aliphatic rings. The van der Waals surface area contributed by atoms with Crippen LogP contribution in [-0.4, -0.2) is 16.6 Å². The molecular formula is C16H17ClFN3S. The number of nitrogens with one attached hydrogen (secondary N) is 2. The molecule has 0 amide bonds. The summed E-state index contributed by atoms with van der Waals surface area (Å²) in [5, 5.41) is 7.30. The summed E-state index contributed by atoms with van der Waals surface area (Å²) in [4.78, 5) is 4.20. The first-order valence-corrected chi connectivity index (χ1v) is 7.74. The van der Waals surface area contributed by atoms with E-state index in [4.69, 9.17) is 23.8 Å². The second-order valence-electron chi connectivity index (χ2n) is 4.93. The van der Waals surface area contributed by atoms with Gasteiger partial charge in [0.1, 0.15) is 11.6 Å². The van der Waals surface area contributed by atoms with E-state index in [-0.39, 0.29) is 5.82 Å². The minimum atomic E-state index is -0.210. The van der Waals surface area contributed by atoms with Crippen LogP contribution in [0, 0.1) is 12.7 Å². The van der Waals surface area contributed by atoms with E-state index in [0.717, 1.165) is 30.5 Å². The van der Waals surface area contributed by atoms with Crippen LogP contribution in [0.1, 0.15) is 17.5 Å². The van der Waals surface area contributed by atoms with Crippen LogP contribution >= 0.6 is 23.8 Å². The van der Waals surface area contributed by atoms with Crippen molar-refractivity contribution in [2.75, 3.05) is 11.9 Å². The van der Waals surface area contributed by atoms with Crippen LogP contribution in [0.4, 0.5) is 10.2 Å². The molecule has 0 aliphatic heterocycles. The Morgan fingerprint density at radius 3 is 2.73 bits per heavy atom. The van der Waals surface area contributed by atoms with Gasteiger partial charge in [0.15, 0.2) is 5.11 Å². The predicted molar refractivity (Wildman–Crippen MR) is 92.9 cm³/mol. The van der Waals surface area contributed by atoms with Crippen molar-refractivity contribution in [2.24, 2.45) is 0 Å². The molecule has 0 saturated carbocycles. The first-order valence-electron chi connectivity index (χ1n) is 6.96. The lowest BCUT2D eigenvalue weighted by Crippen LogP contribution is -2.30. The molecule has 1 heterocycles. The lowest BCUT2D eigenvalue weighted by atomic mass is 10.1. The lowest BCUT2D eigenvalue weighted by molar-refractivity contribution is 0.626. The van der Waals surface area contributed by atoms with Gasteiger partial charge in [-0.05, 0) is 61.3 Å². The molecule has 6 heteroatoms. The Labute approximate surface area is 139 Å². The number of hydrogen-bond donors (Lipinski definition) is 2. The summed E-state index contributed by atoms with van der Waals surface area (Å²) in [5.41, 5.74) is 2.04. The Bertz CT molecular complexity index is 646. The van der Waals surface area contributed by atoms with Crippen molar-refractivity contribution in [1.82, 2.24) is 10.3 Å². The Morgan fingerprint density at radius 1 is 1.32 bits per heavy atom. The largest absolute Gasteiger partial charge is 0.362 e. The fourth-order valence-electron chi connectivity index (χ4n) is 1.97. The summed E-state index contributed by atoms with van der Waals surface area (Å²) >= 11 is 11.1. The highest BCUT2D eigenvalue weighted by molar-refractivity contribution is 7.80. The third kappa shape index (κ3) is 5.24. The molecule has 0 unspecified atom stereocenters. The normalized spacial score (nSPS) is 10.3. The minimum Gasteiger partial charge on any atom is -0.362 e. The van der Waals surface area contributed by atoms with Gasteiger partial charge in [-0.15, -0.1) is 0 Å². The van der Waals surface area contributed by atoms with Gasteiger partial charge in [0, 0.05) is 12.7 Å². The van der Waals surface area contributed by atoms with E-state index >= 15 is 0 Å². The van der Waals surface area contributed by atoms with Gasteiger partial charge in [-0.2, -0.15) is 0 Å². The van der Waals surface area contributed by atoms with E-state index < -0.39 is 0 Å². The summed E-state index contributed by atoms with van der Waals surface area (Å²) in [6.45, 7) is 2.65. The zero-order valence-electron chi connectivity index (χ0n) is 12.2. The Hall–Kier alpha value is -1.72. The average Bonchev–Trinajstić information content (AvgIpc) is 2.48. The van der Waals surface area contributed by atoms with Gasteiger partial charge >= 0.3 is 0 Å². The molecule has 1 aromatic carbocycles. The Kier molecular flexibility index (Phi) is 6.10. The molecule has 0 bridgehead atoms. The quantitative estimate of drug-likeness (QED) is 0.636. The molecule has 0 radical (unpaired) electrons. The maximum Gasteiger partial charge on any atom is 0.171 e. The molecule has 22 heavy (non-hydrogen) atoms. The smallest absolute Gasteiger partial charge is 0.171 e. The van der Waals surface area contributed by atoms with E-state index in [9.17, 15) is 4.39 Å². The highest BCUT2D eigenvalue weighted by atomic mass is 35.5. The van der Waals surface area contributed by atoms with Crippen LogP contribution in [-0.2, 0) is 6.42 Å². The molecule has 2 rings (SSSR count). The first-order chi connectivity index (χ1) is 10.5. The number of anilines is 1. The monoisotopic (exact) mass is 337 g/mol. The SMILES string of the molecule is Cc1cc(Cl)cnc1NC(=S)NCCCc1ccc(F)cc1. The summed E-state index contributed by atoms with van der Waals surface area (Å²) in [6, 6.07) is 8.38. The second kappa shape index (κ2) is 8.06. The number of aromatic nitrogens is 1. The van der Waals surface area contributed by atoms with Gasteiger partial charge in [-0.1, -0.05) is 23.7 Å². The summed E-state index contributed by atoms with van der Waals surface area (Å²) in [6.07, 6.45) is 3.35. The molecule has 0 fully saturated rings. The first kappa shape index (κ1) is 16.6. The third-order valence-corrected chi connectivity index (χ3v) is 3.57. The predicted octanol–water partition coefficient (Wildman–Crippen LogP) is 4.10. The van der Waals surface area contributed by atoms with E-state index in [1.54, 1.807) is 18.3 Å². The molecule has 0 saturated heterocycles. The van der Waals surface area contributed by atoms with Crippen LogP contribution < -0.4 is 10.6 Å². The highest BCUT2D eigenvalue weighted by Gasteiger charge is 2.03. The number of benzene rings is 1. The van der Waals surface area contributed by atoms with Crippen LogP contribution in [0.3, 0.4) is 0 Å². The molecule has 0 aliphatic carbocycles. The number of nitrogens with zero attached hydrogens (tertiary/aromatic N) is 1. The van der Waals surface area contributed by atoms with Crippen molar-refractivity contribution >= 4 is 34.7 Å². The molecule has 0 spiro atoms. The molecule has 2 aromatic rings. The van der Waals surface area contributed by atoms with Gasteiger partial charge in [-0.3, -0.25) is 0 Å². The zero-order valence-corrected chi connectivity index (χ0v) is 13.8. The van der Waals surface area contributed by atoms with Crippen molar-refractivity contribution in [1.29, 1.82) is 0 Å². The standard InChI is InChI=1S/C16H17ClFN3S/c1-11-9-13(17)10-20-15(11)21-16(22)19-8-2-3-12-4-6-14(18)7-5-12/h4-7,9-10H,2-3,8H2,1H3,(H2,19,20,21,22). The number of rotatable bonds is 5. The molecule has 0 atom stereocenters. The maximum atomic E-state index is 12.8. The summed E-state index contributed by atoms with van der Waals surface area (Å²) in [7, 11) is 0. The van der Waals surface area contributed by atoms with Crippen LogP contribution in [0.2, 0.25) is 5.02 Å². The topological polar surface area (TPSA) is 37.0 Å². The zero-order chi connectivity index (χ0) is 15.9. The Morgan fingerprint density at radius 2 is 2.05 bits per heavy atom. The average molecular weight is 338 g/mol. The maximum absolute atomic E-state index is 12.8. The number of hydrogen-bond acceptors (Lipinski definition) is 2. The van der Waals surface area contributed by atoms with Crippen LogP contribution in [0.25, 0.3) is 0 Å². The summed E-state index contributed by atoms with van der Waals surface area (Å²) in [5.74, 6) is 0.485. The second-order valence-corrected chi connectivity index (χ2v) is 5.77. The van der Waals surface area contributed by atoms with Crippen molar-refractivity contribution in [3.63, 3.8) is 0 Å². The van der Waals surface area contributed by atoms with Crippen molar-refractivity contribution in [2.45, 2.75) is 19.8 Å². The van der Waals surface area contributed by atoms with E-state index in [1.165, 1.54) is 12.1 Å². The van der Waals surface area contributed by atoms with Gasteiger partial charge in [0.05, 0.1) is 5.02 Å². The van der Waals surface area contributed by atoms with E-state index in [2.05, 4.69) is 15.6 Å². The summed E-state index contributed by atoms with van der Waals surface area (Å²) < 4.78 is 12.8.